The van der Waals surface area contributed by atoms with Crippen LogP contribution in [-0.4, -0.2) is 30.1 Å². The van der Waals surface area contributed by atoms with Gasteiger partial charge in [0.15, 0.2) is 0 Å². The first-order valence-corrected chi connectivity index (χ1v) is 12.9. The molecule has 38 heavy (non-hydrogen) atoms. The number of fused-ring (bicyclic) bond motifs is 12. The molecule has 0 aliphatic carbocycles. The van der Waals surface area contributed by atoms with E-state index in [0.717, 1.165) is 60.8 Å². The van der Waals surface area contributed by atoms with Gasteiger partial charge in [0, 0.05) is 39.0 Å². The summed E-state index contributed by atoms with van der Waals surface area (Å²) in [4.78, 5) is 18.1. The summed E-state index contributed by atoms with van der Waals surface area (Å²) in [6.45, 7) is 6.27. The van der Waals surface area contributed by atoms with Gasteiger partial charge in [0.1, 0.15) is 17.2 Å². The van der Waals surface area contributed by atoms with Gasteiger partial charge in [-0.05, 0) is 46.3 Å². The summed E-state index contributed by atoms with van der Waals surface area (Å²) < 4.78 is 0. The van der Waals surface area contributed by atoms with E-state index in [9.17, 15) is 0 Å². The van der Waals surface area contributed by atoms with Crippen LogP contribution in [0.4, 0.5) is 0 Å². The molecule has 0 amide bonds. The highest BCUT2D eigenvalue weighted by atomic mass is 15.1. The van der Waals surface area contributed by atoms with E-state index in [4.69, 9.17) is 15.0 Å². The molecule has 0 saturated carbocycles. The number of hydrogen-bond donors (Lipinski definition) is 2. The van der Waals surface area contributed by atoms with Crippen LogP contribution in [0, 0.1) is 6.92 Å². The number of aryl methyl sites for hydroxylation is 1. The molecule has 3 heterocycles. The molecular formula is C32H24N6. The minimum Gasteiger partial charge on any atom is -0.342 e. The van der Waals surface area contributed by atoms with Crippen molar-refractivity contribution in [2.45, 2.75) is 26.7 Å². The molecule has 0 unspecified atom stereocenters. The minimum absolute atomic E-state index is 0.257. The van der Waals surface area contributed by atoms with E-state index in [1.54, 1.807) is 0 Å². The molecule has 0 saturated heterocycles. The van der Waals surface area contributed by atoms with Gasteiger partial charge in [0.2, 0.25) is 0 Å². The standard InChI is InChI=1S/C32H24N6/c1-16(2)32-37-30-23-11-9-19(13-25(23)26-14-33-34-15-27(26)31(30)38-32)18-8-10-22-24(12-18)20-6-4-5-7-21(20)28-29(22)36-17(3)35-28/h4-16,33H,1-3H3,(H,35,36). The maximum Gasteiger partial charge on any atom is 0.132 e. The molecule has 0 bridgehead atoms. The summed E-state index contributed by atoms with van der Waals surface area (Å²) in [5.74, 6) is 2.05. The Hall–Kier alpha value is -4.84. The predicted octanol–water partition coefficient (Wildman–Crippen LogP) is 7.94. The van der Waals surface area contributed by atoms with Crippen LogP contribution in [0.2, 0.25) is 0 Å². The lowest BCUT2D eigenvalue weighted by molar-refractivity contribution is 0.799. The fraction of sp³-hybridized carbons (Fsp3) is 0.125. The molecular weight excluding hydrogens is 468 g/mol. The van der Waals surface area contributed by atoms with Crippen molar-refractivity contribution in [2.75, 3.05) is 0 Å². The van der Waals surface area contributed by atoms with Crippen molar-refractivity contribution in [3.05, 3.63) is 84.7 Å². The van der Waals surface area contributed by atoms with Gasteiger partial charge in [0.25, 0.3) is 0 Å². The molecule has 8 rings (SSSR count). The van der Waals surface area contributed by atoms with Crippen LogP contribution in [0.3, 0.4) is 0 Å². The van der Waals surface area contributed by atoms with Crippen LogP contribution in [0.5, 0.6) is 0 Å². The number of benzene rings is 5. The Bertz CT molecular complexity index is 2240. The number of hydrogen-bond acceptors (Lipinski definition) is 4. The lowest BCUT2D eigenvalue weighted by Gasteiger charge is -2.11. The molecule has 5 aromatic carbocycles. The van der Waals surface area contributed by atoms with Crippen molar-refractivity contribution in [3.8, 4) is 11.1 Å². The van der Waals surface area contributed by atoms with Gasteiger partial charge in [-0.1, -0.05) is 62.4 Å². The first kappa shape index (κ1) is 21.3. The van der Waals surface area contributed by atoms with Gasteiger partial charge in [-0.3, -0.25) is 5.10 Å². The van der Waals surface area contributed by atoms with Gasteiger partial charge in [-0.15, -0.1) is 0 Å². The topological polar surface area (TPSA) is 83.1 Å². The highest BCUT2D eigenvalue weighted by molar-refractivity contribution is 6.25. The molecule has 0 fully saturated rings. The van der Waals surface area contributed by atoms with E-state index in [2.05, 4.69) is 89.7 Å². The van der Waals surface area contributed by atoms with Crippen molar-refractivity contribution >= 4 is 65.2 Å². The SMILES string of the molecule is Cc1nc2c3ccccc3c3cc(-c4ccc5c(c4)c4c[nH]ncc4c4nc(C(C)C)nc54)ccc3c2[nH]1. The van der Waals surface area contributed by atoms with Gasteiger partial charge in [-0.25, -0.2) is 15.0 Å². The Morgan fingerprint density at radius 2 is 1.29 bits per heavy atom. The number of imidazole rings is 2. The lowest BCUT2D eigenvalue weighted by atomic mass is 9.94. The third-order valence-corrected chi connectivity index (χ3v) is 7.70. The Morgan fingerprint density at radius 3 is 2.05 bits per heavy atom. The Kier molecular flexibility index (Phi) is 4.24. The number of H-pyrrole nitrogens is 2. The summed E-state index contributed by atoms with van der Waals surface area (Å²) in [7, 11) is 0. The van der Waals surface area contributed by atoms with E-state index in [-0.39, 0.29) is 5.92 Å². The molecule has 0 aliphatic heterocycles. The number of nitrogens with zero attached hydrogens (tertiary/aromatic N) is 4. The summed E-state index contributed by atoms with van der Waals surface area (Å²) in [5.41, 5.74) is 6.31. The summed E-state index contributed by atoms with van der Waals surface area (Å²) in [6, 6.07) is 21.9. The molecule has 6 heteroatoms. The average molecular weight is 493 g/mol. The van der Waals surface area contributed by atoms with E-state index in [0.29, 0.717) is 0 Å². The average Bonchev–Trinajstić information content (AvgIpc) is 3.58. The zero-order chi connectivity index (χ0) is 25.5. The summed E-state index contributed by atoms with van der Waals surface area (Å²) >= 11 is 0. The third-order valence-electron chi connectivity index (χ3n) is 7.70. The quantitative estimate of drug-likeness (QED) is 0.240. The van der Waals surface area contributed by atoms with Crippen molar-refractivity contribution in [2.24, 2.45) is 0 Å². The number of aromatic amines is 2. The monoisotopic (exact) mass is 492 g/mol. The first-order chi connectivity index (χ1) is 18.6. The lowest BCUT2D eigenvalue weighted by Crippen LogP contribution is -1.88. The molecule has 8 aromatic rings. The van der Waals surface area contributed by atoms with Crippen LogP contribution in [-0.2, 0) is 0 Å². The molecule has 0 radical (unpaired) electrons. The predicted molar refractivity (Wildman–Crippen MR) is 156 cm³/mol. The van der Waals surface area contributed by atoms with E-state index < -0.39 is 0 Å². The molecule has 2 N–H and O–H groups in total. The number of rotatable bonds is 2. The second kappa shape index (κ2) is 7.59. The molecule has 0 aliphatic rings. The molecule has 6 nitrogen and oxygen atoms in total. The number of nitrogens with one attached hydrogen (secondary N) is 2. The fourth-order valence-corrected chi connectivity index (χ4v) is 5.88. The maximum atomic E-state index is 4.94. The van der Waals surface area contributed by atoms with Crippen LogP contribution < -0.4 is 0 Å². The van der Waals surface area contributed by atoms with Crippen molar-refractivity contribution in [1.29, 1.82) is 0 Å². The largest absolute Gasteiger partial charge is 0.342 e. The van der Waals surface area contributed by atoms with Gasteiger partial charge >= 0.3 is 0 Å². The second-order valence-corrected chi connectivity index (χ2v) is 10.4. The highest BCUT2D eigenvalue weighted by Crippen LogP contribution is 2.39. The van der Waals surface area contributed by atoms with Gasteiger partial charge < -0.3 is 4.98 Å². The highest BCUT2D eigenvalue weighted by Gasteiger charge is 2.17. The summed E-state index contributed by atoms with van der Waals surface area (Å²) in [5, 5.41) is 16.5. The van der Waals surface area contributed by atoms with Crippen LogP contribution >= 0.6 is 0 Å². The Labute approximate surface area is 217 Å². The van der Waals surface area contributed by atoms with E-state index in [1.165, 1.54) is 27.1 Å². The third kappa shape index (κ3) is 2.88. The van der Waals surface area contributed by atoms with Gasteiger partial charge in [-0.2, -0.15) is 5.10 Å². The maximum absolute atomic E-state index is 4.94. The number of aromatic nitrogens is 6. The molecule has 3 aromatic heterocycles. The summed E-state index contributed by atoms with van der Waals surface area (Å²) in [6.07, 6.45) is 3.83. The fourth-order valence-electron chi connectivity index (χ4n) is 5.88. The van der Waals surface area contributed by atoms with Crippen LogP contribution in [0.1, 0.15) is 31.4 Å². The van der Waals surface area contributed by atoms with Crippen molar-refractivity contribution in [1.82, 2.24) is 30.1 Å². The molecule has 0 atom stereocenters. The molecule has 182 valence electrons. The van der Waals surface area contributed by atoms with E-state index >= 15 is 0 Å². The minimum atomic E-state index is 0.257. The van der Waals surface area contributed by atoms with Gasteiger partial charge in [0.05, 0.1) is 22.7 Å². The first-order valence-electron chi connectivity index (χ1n) is 12.9. The zero-order valence-corrected chi connectivity index (χ0v) is 21.3. The van der Waals surface area contributed by atoms with E-state index in [1.807, 2.05) is 19.3 Å². The molecule has 0 spiro atoms. The van der Waals surface area contributed by atoms with Crippen LogP contribution in [0.25, 0.3) is 76.3 Å². The van der Waals surface area contributed by atoms with Crippen molar-refractivity contribution < 1.29 is 0 Å². The Balaban J connectivity index is 1.42. The second-order valence-electron chi connectivity index (χ2n) is 10.4. The Morgan fingerprint density at radius 1 is 0.632 bits per heavy atom. The van der Waals surface area contributed by atoms with Crippen molar-refractivity contribution in [3.63, 3.8) is 0 Å². The zero-order valence-electron chi connectivity index (χ0n) is 21.3. The smallest absolute Gasteiger partial charge is 0.132 e. The van der Waals surface area contributed by atoms with Crippen LogP contribution in [0.15, 0.2) is 73.1 Å². The normalized spacial score (nSPS) is 12.3.